The van der Waals surface area contributed by atoms with Crippen LogP contribution < -0.4 is 16.4 Å². The van der Waals surface area contributed by atoms with E-state index in [1.165, 1.54) is 0 Å². The van der Waals surface area contributed by atoms with Gasteiger partial charge in [-0.1, -0.05) is 0 Å². The summed E-state index contributed by atoms with van der Waals surface area (Å²) in [4.78, 5) is 4.13. The molecule has 0 aromatic carbocycles. The first-order valence-electron chi connectivity index (χ1n) is 3.14. The number of hydrogen-bond donors (Lipinski definition) is 3. The van der Waals surface area contributed by atoms with Gasteiger partial charge in [-0.3, -0.25) is 5.32 Å². The van der Waals surface area contributed by atoms with Crippen molar-refractivity contribution >= 4 is 6.34 Å². The number of nitrogens with two attached hydrogens (primary N) is 1. The predicted octanol–water partition coefficient (Wildman–Crippen LogP) is -0.646. The number of likely N-dealkylation sites (N-methyl/N-ethyl adjacent to an activating group) is 1. The molecule has 0 aliphatic carbocycles. The van der Waals surface area contributed by atoms with Crippen molar-refractivity contribution in [3.8, 4) is 0 Å². The van der Waals surface area contributed by atoms with Crippen LogP contribution in [0.1, 0.15) is 6.92 Å². The predicted molar refractivity (Wildman–Crippen MR) is 41.4 cm³/mol. The Hall–Kier alpha value is -1.03. The smallest absolute Gasteiger partial charge is 0.131 e. The molecule has 10 heavy (non-hydrogen) atoms. The summed E-state index contributed by atoms with van der Waals surface area (Å²) in [5.41, 5.74) is 5.17. The highest BCUT2D eigenvalue weighted by Gasteiger charge is 2.18. The fourth-order valence-electron chi connectivity index (χ4n) is 0.759. The number of aliphatic imine (C=N–C) groups is 1. The van der Waals surface area contributed by atoms with Crippen LogP contribution in [0.5, 0.6) is 0 Å². The third kappa shape index (κ3) is 1.27. The molecule has 1 aliphatic rings. The number of rotatable bonds is 1. The molecule has 56 valence electrons. The van der Waals surface area contributed by atoms with E-state index in [2.05, 4.69) is 15.6 Å². The zero-order chi connectivity index (χ0) is 7.61. The Balaban J connectivity index is 2.78. The fraction of sp³-hybridized carbons (Fsp3) is 0.500. The zero-order valence-corrected chi connectivity index (χ0v) is 6.18. The second kappa shape index (κ2) is 2.30. The molecular formula is C6H12N4. The Labute approximate surface area is 60.2 Å². The first kappa shape index (κ1) is 7.08. The second-order valence-electron chi connectivity index (χ2n) is 2.40. The lowest BCUT2D eigenvalue weighted by molar-refractivity contribution is 0.492. The van der Waals surface area contributed by atoms with Gasteiger partial charge in [0.05, 0.1) is 6.34 Å². The van der Waals surface area contributed by atoms with Gasteiger partial charge in [0, 0.05) is 0 Å². The summed E-state index contributed by atoms with van der Waals surface area (Å²) in [6.07, 6.45) is 3.42. The summed E-state index contributed by atoms with van der Waals surface area (Å²) in [6, 6.07) is 0. The van der Waals surface area contributed by atoms with Crippen LogP contribution in [0.15, 0.2) is 16.9 Å². The van der Waals surface area contributed by atoms with Crippen molar-refractivity contribution in [1.29, 1.82) is 0 Å². The van der Waals surface area contributed by atoms with Gasteiger partial charge in [0.2, 0.25) is 0 Å². The third-order valence-corrected chi connectivity index (χ3v) is 1.51. The molecule has 0 amide bonds. The zero-order valence-electron chi connectivity index (χ0n) is 6.18. The van der Waals surface area contributed by atoms with Crippen LogP contribution in [0.3, 0.4) is 0 Å². The lowest BCUT2D eigenvalue weighted by Gasteiger charge is -2.24. The average Bonchev–Trinajstić information content (AvgIpc) is 1.88. The van der Waals surface area contributed by atoms with E-state index in [4.69, 9.17) is 5.73 Å². The molecule has 0 radical (unpaired) electrons. The SMILES string of the molecule is CNC1(C)C=C(N)NC=N1. The van der Waals surface area contributed by atoms with Crippen LogP contribution in [0.25, 0.3) is 0 Å². The Bertz CT molecular complexity index is 184. The summed E-state index contributed by atoms with van der Waals surface area (Å²) < 4.78 is 0. The van der Waals surface area contributed by atoms with Crippen LogP contribution in [-0.2, 0) is 0 Å². The van der Waals surface area contributed by atoms with Gasteiger partial charge in [-0.05, 0) is 20.0 Å². The molecule has 0 fully saturated rings. The molecule has 4 heteroatoms. The summed E-state index contributed by atoms with van der Waals surface area (Å²) in [6.45, 7) is 1.94. The van der Waals surface area contributed by atoms with Crippen molar-refractivity contribution in [3.05, 3.63) is 11.9 Å². The highest BCUT2D eigenvalue weighted by molar-refractivity contribution is 5.60. The van der Waals surface area contributed by atoms with E-state index >= 15 is 0 Å². The Morgan fingerprint density at radius 3 is 2.90 bits per heavy atom. The van der Waals surface area contributed by atoms with Crippen molar-refractivity contribution in [1.82, 2.24) is 10.6 Å². The van der Waals surface area contributed by atoms with Gasteiger partial charge in [-0.2, -0.15) is 0 Å². The van der Waals surface area contributed by atoms with E-state index < -0.39 is 0 Å². The first-order chi connectivity index (χ1) is 4.66. The summed E-state index contributed by atoms with van der Waals surface area (Å²) in [7, 11) is 1.84. The van der Waals surface area contributed by atoms with E-state index in [9.17, 15) is 0 Å². The Morgan fingerprint density at radius 1 is 1.80 bits per heavy atom. The van der Waals surface area contributed by atoms with E-state index in [1.54, 1.807) is 6.34 Å². The quantitative estimate of drug-likeness (QED) is 0.453. The molecule has 1 atom stereocenters. The minimum absolute atomic E-state index is 0.338. The molecule has 0 saturated heterocycles. The van der Waals surface area contributed by atoms with Gasteiger partial charge in [0.1, 0.15) is 11.5 Å². The lowest BCUT2D eigenvalue weighted by Crippen LogP contribution is -2.41. The largest absolute Gasteiger partial charge is 0.385 e. The molecule has 4 nitrogen and oxygen atoms in total. The Kier molecular flexibility index (Phi) is 1.63. The number of nitrogens with zero attached hydrogens (tertiary/aromatic N) is 1. The highest BCUT2D eigenvalue weighted by atomic mass is 15.2. The van der Waals surface area contributed by atoms with Gasteiger partial charge in [0.25, 0.3) is 0 Å². The van der Waals surface area contributed by atoms with E-state index in [0.29, 0.717) is 5.82 Å². The number of nitrogens with one attached hydrogen (secondary N) is 2. The van der Waals surface area contributed by atoms with Gasteiger partial charge >= 0.3 is 0 Å². The first-order valence-corrected chi connectivity index (χ1v) is 3.14. The summed E-state index contributed by atoms with van der Waals surface area (Å²) in [5.74, 6) is 0.631. The second-order valence-corrected chi connectivity index (χ2v) is 2.40. The normalized spacial score (nSPS) is 31.2. The standard InChI is InChI=1S/C6H12N4/c1-6(8-2)3-5(7)9-4-10-6/h3-4,8H,7H2,1-2H3,(H,9,10). The van der Waals surface area contributed by atoms with Crippen LogP contribution in [-0.4, -0.2) is 19.0 Å². The molecule has 0 spiro atoms. The highest BCUT2D eigenvalue weighted by Crippen LogP contribution is 2.08. The molecule has 0 saturated carbocycles. The van der Waals surface area contributed by atoms with Gasteiger partial charge in [0.15, 0.2) is 0 Å². The monoisotopic (exact) mass is 140 g/mol. The molecule has 0 aromatic rings. The fourth-order valence-corrected chi connectivity index (χ4v) is 0.759. The van der Waals surface area contributed by atoms with Crippen molar-refractivity contribution in [2.45, 2.75) is 12.6 Å². The minimum atomic E-state index is -0.338. The third-order valence-electron chi connectivity index (χ3n) is 1.51. The van der Waals surface area contributed by atoms with Crippen molar-refractivity contribution in [2.24, 2.45) is 10.7 Å². The average molecular weight is 140 g/mol. The van der Waals surface area contributed by atoms with Crippen molar-refractivity contribution in [3.63, 3.8) is 0 Å². The maximum Gasteiger partial charge on any atom is 0.131 e. The molecule has 0 bridgehead atoms. The van der Waals surface area contributed by atoms with E-state index in [-0.39, 0.29) is 5.66 Å². The van der Waals surface area contributed by atoms with Crippen LogP contribution in [0.2, 0.25) is 0 Å². The topological polar surface area (TPSA) is 62.4 Å². The molecule has 1 heterocycles. The lowest BCUT2D eigenvalue weighted by atomic mass is 10.2. The van der Waals surface area contributed by atoms with Crippen LogP contribution >= 0.6 is 0 Å². The van der Waals surface area contributed by atoms with Crippen LogP contribution in [0.4, 0.5) is 0 Å². The van der Waals surface area contributed by atoms with Crippen molar-refractivity contribution in [2.75, 3.05) is 7.05 Å². The summed E-state index contributed by atoms with van der Waals surface area (Å²) >= 11 is 0. The van der Waals surface area contributed by atoms with E-state index in [0.717, 1.165) is 0 Å². The molecule has 4 N–H and O–H groups in total. The molecular weight excluding hydrogens is 128 g/mol. The Morgan fingerprint density at radius 2 is 2.50 bits per heavy atom. The molecule has 1 unspecified atom stereocenters. The maximum absolute atomic E-state index is 5.50. The van der Waals surface area contributed by atoms with Gasteiger partial charge in [-0.25, -0.2) is 4.99 Å². The van der Waals surface area contributed by atoms with E-state index in [1.807, 2.05) is 20.0 Å². The number of hydrogen-bond acceptors (Lipinski definition) is 4. The molecule has 1 rings (SSSR count). The minimum Gasteiger partial charge on any atom is -0.385 e. The van der Waals surface area contributed by atoms with Gasteiger partial charge < -0.3 is 11.1 Å². The maximum atomic E-state index is 5.50. The van der Waals surface area contributed by atoms with Gasteiger partial charge in [-0.15, -0.1) is 0 Å². The molecule has 0 aromatic heterocycles. The summed E-state index contributed by atoms with van der Waals surface area (Å²) in [5, 5.41) is 5.80. The van der Waals surface area contributed by atoms with Crippen molar-refractivity contribution < 1.29 is 0 Å². The molecule has 1 aliphatic heterocycles. The van der Waals surface area contributed by atoms with Crippen LogP contribution in [0, 0.1) is 0 Å².